The van der Waals surface area contributed by atoms with Crippen molar-refractivity contribution in [3.05, 3.63) is 12.2 Å². The number of amides is 2. The first-order valence-corrected chi connectivity index (χ1v) is 5.52. The van der Waals surface area contributed by atoms with Crippen LogP contribution in [0.4, 0.5) is 4.79 Å². The highest BCUT2D eigenvalue weighted by molar-refractivity contribution is 5.99. The molecule has 6 heteroatoms. The van der Waals surface area contributed by atoms with Crippen LogP contribution >= 0.6 is 0 Å². The molecule has 0 aliphatic heterocycles. The molecule has 0 aromatic carbocycles. The zero-order chi connectivity index (χ0) is 14.3. The molecule has 0 rings (SSSR count). The first-order valence-electron chi connectivity index (χ1n) is 5.52. The van der Waals surface area contributed by atoms with Crippen molar-refractivity contribution in [2.45, 2.75) is 40.0 Å². The smallest absolute Gasteiger partial charge is 0.345 e. The van der Waals surface area contributed by atoms with E-state index in [1.54, 1.807) is 20.8 Å². The van der Waals surface area contributed by atoms with E-state index in [2.05, 4.69) is 16.9 Å². The monoisotopic (exact) mass is 256 g/mol. The molecule has 0 saturated carbocycles. The molecule has 2 atom stereocenters. The molecule has 102 valence electrons. The van der Waals surface area contributed by atoms with Gasteiger partial charge in [0, 0.05) is 14.0 Å². The number of carbonyl (C=O) groups excluding carboxylic acids is 2. The van der Waals surface area contributed by atoms with Crippen molar-refractivity contribution >= 4 is 17.7 Å². The van der Waals surface area contributed by atoms with Crippen molar-refractivity contribution < 1.29 is 19.1 Å². The number of urea groups is 1. The summed E-state index contributed by atoms with van der Waals surface area (Å²) in [5, 5.41) is 2.45. The summed E-state index contributed by atoms with van der Waals surface area (Å²) in [7, 11) is 1.46. The van der Waals surface area contributed by atoms with E-state index in [9.17, 15) is 9.59 Å². The second kappa shape index (κ2) is 7.60. The highest BCUT2D eigenvalue weighted by atomic mass is 16.5. The van der Waals surface area contributed by atoms with E-state index >= 15 is 0 Å². The van der Waals surface area contributed by atoms with Gasteiger partial charge >= 0.3 is 6.03 Å². The number of methoxy groups -OCH3 is 1. The number of aliphatic imine (C=N–C) groups is 1. The highest BCUT2D eigenvalue weighted by Gasteiger charge is 2.16. The molecule has 0 spiro atoms. The summed E-state index contributed by atoms with van der Waals surface area (Å²) in [5.41, 5.74) is 0.396. The minimum atomic E-state index is -0.709. The van der Waals surface area contributed by atoms with Gasteiger partial charge in [-0.05, 0) is 26.3 Å². The van der Waals surface area contributed by atoms with E-state index in [1.165, 1.54) is 14.0 Å². The van der Waals surface area contributed by atoms with Crippen LogP contribution in [0, 0.1) is 0 Å². The molecule has 0 aromatic heterocycles. The Morgan fingerprint density at radius 3 is 2.28 bits per heavy atom. The van der Waals surface area contributed by atoms with Crippen molar-refractivity contribution in [3.63, 3.8) is 0 Å². The Balaban J connectivity index is 4.39. The summed E-state index contributed by atoms with van der Waals surface area (Å²) in [6, 6.07) is -0.586. The summed E-state index contributed by atoms with van der Waals surface area (Å²) in [4.78, 5) is 26.5. The number of carbonyl (C=O) groups is 2. The molecule has 0 aliphatic carbocycles. The number of hydrogen-bond acceptors (Lipinski definition) is 4. The van der Waals surface area contributed by atoms with Crippen LogP contribution in [0.15, 0.2) is 17.1 Å². The average molecular weight is 256 g/mol. The van der Waals surface area contributed by atoms with Gasteiger partial charge in [0.05, 0.1) is 0 Å². The fourth-order valence-corrected chi connectivity index (χ4v) is 1.09. The number of nitrogens with zero attached hydrogens (tertiary/aromatic N) is 1. The van der Waals surface area contributed by atoms with Crippen molar-refractivity contribution in [3.8, 4) is 0 Å². The zero-order valence-corrected chi connectivity index (χ0v) is 11.4. The third-order valence-electron chi connectivity index (χ3n) is 2.08. The Bertz CT molecular complexity index is 363. The predicted molar refractivity (Wildman–Crippen MR) is 68.5 cm³/mol. The lowest BCUT2D eigenvalue weighted by molar-refractivity contribution is -0.121. The van der Waals surface area contributed by atoms with Crippen LogP contribution in [-0.2, 0) is 14.3 Å². The number of nitrogens with one attached hydrogen (secondary N) is 1. The molecule has 0 fully saturated rings. The molecule has 1 N–H and O–H groups in total. The average Bonchev–Trinajstić information content (AvgIpc) is 2.26. The van der Waals surface area contributed by atoms with Crippen LogP contribution in [0.2, 0.25) is 0 Å². The van der Waals surface area contributed by atoms with Crippen LogP contribution in [0.25, 0.3) is 0 Å². The van der Waals surface area contributed by atoms with Gasteiger partial charge < -0.3 is 14.8 Å². The second-order valence-electron chi connectivity index (χ2n) is 3.86. The third kappa shape index (κ3) is 6.15. The molecule has 2 amide bonds. The molecule has 18 heavy (non-hydrogen) atoms. The number of ketones is 1. The molecule has 0 heterocycles. The summed E-state index contributed by atoms with van der Waals surface area (Å²) in [6.45, 7) is 9.87. The fourth-order valence-electron chi connectivity index (χ4n) is 1.09. The molecular weight excluding hydrogens is 236 g/mol. The highest BCUT2D eigenvalue weighted by Crippen LogP contribution is 2.02. The lowest BCUT2D eigenvalue weighted by Crippen LogP contribution is -2.32. The molecule has 0 bridgehead atoms. The Hall–Kier alpha value is -1.69. The maximum atomic E-state index is 11.5. The Labute approximate surface area is 107 Å². The maximum Gasteiger partial charge on any atom is 0.345 e. The van der Waals surface area contributed by atoms with Gasteiger partial charge in [-0.3, -0.25) is 4.79 Å². The second-order valence-corrected chi connectivity index (χ2v) is 3.86. The molecule has 0 aliphatic rings. The minimum absolute atomic E-state index is 0.109. The molecular formula is C12H20N2O4. The number of ether oxygens (including phenoxy) is 2. The summed E-state index contributed by atoms with van der Waals surface area (Å²) in [6.07, 6.45) is -1.15. The SMILES string of the molecule is C=C(C)C(=O)C(C)O/C(C)=N/C(=O)NC(C)OC. The summed E-state index contributed by atoms with van der Waals surface area (Å²) in [5.74, 6) is -0.117. The Kier molecular flexibility index (Phi) is 6.89. The molecule has 0 aromatic rings. The van der Waals surface area contributed by atoms with E-state index in [0.29, 0.717) is 5.57 Å². The number of Topliss-reactive ketones (excluding diaryl/α,β-unsaturated/α-hetero) is 1. The van der Waals surface area contributed by atoms with Crippen LogP contribution in [0.5, 0.6) is 0 Å². The lowest BCUT2D eigenvalue weighted by Gasteiger charge is -2.13. The Morgan fingerprint density at radius 1 is 1.28 bits per heavy atom. The first-order chi connectivity index (χ1) is 8.27. The number of rotatable bonds is 5. The van der Waals surface area contributed by atoms with Crippen molar-refractivity contribution in [1.82, 2.24) is 5.32 Å². The van der Waals surface area contributed by atoms with Gasteiger partial charge in [-0.25, -0.2) is 4.79 Å². The van der Waals surface area contributed by atoms with Crippen LogP contribution in [0.3, 0.4) is 0 Å². The van der Waals surface area contributed by atoms with E-state index in [1.807, 2.05) is 0 Å². The molecule has 0 radical (unpaired) electrons. The topological polar surface area (TPSA) is 77.0 Å². The van der Waals surface area contributed by atoms with E-state index in [4.69, 9.17) is 9.47 Å². The largest absolute Gasteiger partial charge is 0.470 e. The van der Waals surface area contributed by atoms with Crippen molar-refractivity contribution in [2.24, 2.45) is 4.99 Å². The van der Waals surface area contributed by atoms with Crippen molar-refractivity contribution in [1.29, 1.82) is 0 Å². The lowest BCUT2D eigenvalue weighted by atomic mass is 10.1. The van der Waals surface area contributed by atoms with Gasteiger partial charge in [0.15, 0.2) is 17.8 Å². The van der Waals surface area contributed by atoms with E-state index in [-0.39, 0.29) is 11.7 Å². The summed E-state index contributed by atoms with van der Waals surface area (Å²) < 4.78 is 10.0. The Morgan fingerprint density at radius 2 is 1.83 bits per heavy atom. The molecule has 6 nitrogen and oxygen atoms in total. The standard InChI is InChI=1S/C12H20N2O4/c1-7(2)11(15)8(3)18-10(5)14-12(16)13-9(4)17-6/h8-9H,1H2,2-6H3,(H,13,16)/b14-10+. The van der Waals surface area contributed by atoms with Crippen LogP contribution in [-0.4, -0.2) is 37.2 Å². The molecule has 0 saturated heterocycles. The van der Waals surface area contributed by atoms with E-state index < -0.39 is 18.4 Å². The number of hydrogen-bond donors (Lipinski definition) is 1. The van der Waals surface area contributed by atoms with Gasteiger partial charge in [-0.1, -0.05) is 6.58 Å². The van der Waals surface area contributed by atoms with Gasteiger partial charge in [0.2, 0.25) is 0 Å². The van der Waals surface area contributed by atoms with Gasteiger partial charge in [0.1, 0.15) is 6.23 Å². The fraction of sp³-hybridized carbons (Fsp3) is 0.583. The third-order valence-corrected chi connectivity index (χ3v) is 2.08. The maximum absolute atomic E-state index is 11.5. The molecule has 2 unspecified atom stereocenters. The first kappa shape index (κ1) is 16.3. The van der Waals surface area contributed by atoms with Gasteiger partial charge in [-0.2, -0.15) is 4.99 Å². The quantitative estimate of drug-likeness (QED) is 0.351. The van der Waals surface area contributed by atoms with E-state index in [0.717, 1.165) is 0 Å². The van der Waals surface area contributed by atoms with Crippen LogP contribution < -0.4 is 5.32 Å². The zero-order valence-electron chi connectivity index (χ0n) is 11.4. The minimum Gasteiger partial charge on any atom is -0.470 e. The predicted octanol–water partition coefficient (Wildman–Crippen LogP) is 1.66. The summed E-state index contributed by atoms with van der Waals surface area (Å²) >= 11 is 0. The van der Waals surface area contributed by atoms with Gasteiger partial charge in [-0.15, -0.1) is 0 Å². The van der Waals surface area contributed by atoms with Gasteiger partial charge in [0.25, 0.3) is 0 Å². The normalized spacial score (nSPS) is 14.6. The van der Waals surface area contributed by atoms with Crippen LogP contribution in [0.1, 0.15) is 27.7 Å². The van der Waals surface area contributed by atoms with Crippen molar-refractivity contribution in [2.75, 3.05) is 7.11 Å².